The minimum atomic E-state index is -4.55. The van der Waals surface area contributed by atoms with Gasteiger partial charge >= 0.3 is 12.2 Å². The third-order valence-electron chi connectivity index (χ3n) is 1.68. The molecule has 0 amide bonds. The summed E-state index contributed by atoms with van der Waals surface area (Å²) < 4.78 is 47.0. The normalized spacial score (nSPS) is 11.4. The summed E-state index contributed by atoms with van der Waals surface area (Å²) in [6.45, 7) is 0.267. The monoisotopic (exact) mass is 314 g/mol. The molecule has 0 radical (unpaired) electrons. The molecule has 0 saturated heterocycles. The van der Waals surface area contributed by atoms with Crippen molar-refractivity contribution in [2.45, 2.75) is 12.6 Å². The molecule has 0 aliphatic carbocycles. The van der Waals surface area contributed by atoms with E-state index in [-0.39, 0.29) is 18.5 Å². The zero-order valence-corrected chi connectivity index (χ0v) is 10.5. The number of methoxy groups -OCH3 is 1. The minimum absolute atomic E-state index is 0.148. The predicted octanol–water partition coefficient (Wildman–Crippen LogP) is 2.67. The van der Waals surface area contributed by atoms with Gasteiger partial charge in [-0.15, -0.1) is 0 Å². The Morgan fingerprint density at radius 2 is 2.06 bits per heavy atom. The highest BCUT2D eigenvalue weighted by molar-refractivity contribution is 9.09. The highest BCUT2D eigenvalue weighted by Gasteiger charge is 2.34. The Labute approximate surface area is 104 Å². The first-order chi connectivity index (χ1) is 7.97. The average molecular weight is 315 g/mol. The molecule has 0 aliphatic heterocycles. The smallest absolute Gasteiger partial charge is 0.433 e. The summed E-state index contributed by atoms with van der Waals surface area (Å²) in [7, 11) is 1.19. The van der Waals surface area contributed by atoms with Crippen LogP contribution in [0.5, 0.6) is 11.9 Å². The summed E-state index contributed by atoms with van der Waals surface area (Å²) in [5, 5.41) is 0.696. The second-order valence-electron chi connectivity index (χ2n) is 2.97. The molecule has 0 saturated carbocycles. The number of aromatic nitrogens is 2. The highest BCUT2D eigenvalue weighted by Crippen LogP contribution is 2.30. The summed E-state index contributed by atoms with van der Waals surface area (Å²) in [5.74, 6) is -0.148. The summed E-state index contributed by atoms with van der Waals surface area (Å²) in [6, 6.07) is 0.380. The lowest BCUT2D eigenvalue weighted by atomic mass is 10.4. The van der Waals surface area contributed by atoms with Gasteiger partial charge in [0.1, 0.15) is 0 Å². The maximum absolute atomic E-state index is 12.5. The van der Waals surface area contributed by atoms with Crippen LogP contribution in [0.1, 0.15) is 12.1 Å². The van der Waals surface area contributed by atoms with E-state index in [1.807, 2.05) is 0 Å². The van der Waals surface area contributed by atoms with Gasteiger partial charge in [0.2, 0.25) is 5.88 Å². The van der Waals surface area contributed by atoms with Crippen LogP contribution >= 0.6 is 15.9 Å². The van der Waals surface area contributed by atoms with Crippen molar-refractivity contribution in [3.63, 3.8) is 0 Å². The lowest BCUT2D eigenvalue weighted by Crippen LogP contribution is -2.11. The standard InChI is InChI=1S/C9H10BrF3N2O2/c1-16-8-14-6(9(11,12)13)5-7(15-8)17-4-2-3-10/h5H,2-4H2,1H3. The number of halogens is 4. The van der Waals surface area contributed by atoms with E-state index in [1.54, 1.807) is 0 Å². The molecule has 0 unspecified atom stereocenters. The van der Waals surface area contributed by atoms with Gasteiger partial charge in [0.25, 0.3) is 0 Å². The van der Waals surface area contributed by atoms with E-state index in [1.165, 1.54) is 7.11 Å². The van der Waals surface area contributed by atoms with E-state index >= 15 is 0 Å². The number of nitrogens with zero attached hydrogens (tertiary/aromatic N) is 2. The Hall–Kier alpha value is -1.05. The zero-order valence-electron chi connectivity index (χ0n) is 8.92. The molecule has 0 bridgehead atoms. The molecule has 0 aliphatic rings. The van der Waals surface area contributed by atoms with Crippen LogP contribution in [0, 0.1) is 0 Å². The quantitative estimate of drug-likeness (QED) is 0.619. The maximum Gasteiger partial charge on any atom is 0.433 e. The number of rotatable bonds is 5. The minimum Gasteiger partial charge on any atom is -0.477 e. The van der Waals surface area contributed by atoms with Gasteiger partial charge in [-0.25, -0.2) is 0 Å². The molecule has 17 heavy (non-hydrogen) atoms. The summed E-state index contributed by atoms with van der Waals surface area (Å²) in [6.07, 6.45) is -3.89. The van der Waals surface area contributed by atoms with Gasteiger partial charge in [0.05, 0.1) is 13.7 Å². The van der Waals surface area contributed by atoms with Gasteiger partial charge in [-0.1, -0.05) is 15.9 Å². The largest absolute Gasteiger partial charge is 0.477 e. The fourth-order valence-electron chi connectivity index (χ4n) is 0.946. The van der Waals surface area contributed by atoms with Crippen LogP contribution in [0.4, 0.5) is 13.2 Å². The van der Waals surface area contributed by atoms with E-state index in [0.717, 1.165) is 6.07 Å². The third kappa shape index (κ3) is 4.37. The van der Waals surface area contributed by atoms with Crippen molar-refractivity contribution in [1.82, 2.24) is 9.97 Å². The zero-order chi connectivity index (χ0) is 12.9. The first-order valence-electron chi connectivity index (χ1n) is 4.66. The van der Waals surface area contributed by atoms with E-state index < -0.39 is 11.9 Å². The Kier molecular flexibility index (Phi) is 4.98. The van der Waals surface area contributed by atoms with Gasteiger partial charge < -0.3 is 9.47 Å². The van der Waals surface area contributed by atoms with Gasteiger partial charge in [-0.2, -0.15) is 23.1 Å². The lowest BCUT2D eigenvalue weighted by molar-refractivity contribution is -0.141. The Morgan fingerprint density at radius 3 is 2.59 bits per heavy atom. The van der Waals surface area contributed by atoms with Crippen LogP contribution in [-0.4, -0.2) is 29.0 Å². The van der Waals surface area contributed by atoms with Gasteiger partial charge in [-0.05, 0) is 6.42 Å². The molecule has 4 nitrogen and oxygen atoms in total. The first-order valence-corrected chi connectivity index (χ1v) is 5.78. The Morgan fingerprint density at radius 1 is 1.35 bits per heavy atom. The van der Waals surface area contributed by atoms with Gasteiger partial charge in [0, 0.05) is 11.4 Å². The predicted molar refractivity (Wildman–Crippen MR) is 57.5 cm³/mol. The summed E-state index contributed by atoms with van der Waals surface area (Å²) in [5.41, 5.74) is -1.09. The second kappa shape index (κ2) is 6.04. The van der Waals surface area contributed by atoms with Crippen LogP contribution in [-0.2, 0) is 6.18 Å². The van der Waals surface area contributed by atoms with Gasteiger partial charge in [-0.3, -0.25) is 0 Å². The lowest BCUT2D eigenvalue weighted by Gasteiger charge is -2.10. The number of hydrogen-bond donors (Lipinski definition) is 0. The summed E-state index contributed by atoms with van der Waals surface area (Å²) >= 11 is 3.18. The molecular weight excluding hydrogens is 305 g/mol. The molecule has 0 N–H and O–H groups in total. The van der Waals surface area contributed by atoms with Crippen LogP contribution in [0.25, 0.3) is 0 Å². The Balaban J connectivity index is 2.89. The number of ether oxygens (including phenoxy) is 2. The molecule has 1 aromatic rings. The van der Waals surface area contributed by atoms with Crippen LogP contribution in [0.3, 0.4) is 0 Å². The van der Waals surface area contributed by atoms with Crippen LogP contribution in [0.15, 0.2) is 6.07 Å². The molecular formula is C9H10BrF3N2O2. The van der Waals surface area contributed by atoms with Crippen molar-refractivity contribution < 1.29 is 22.6 Å². The van der Waals surface area contributed by atoms with Crippen molar-refractivity contribution in [3.8, 4) is 11.9 Å². The first kappa shape index (κ1) is 14.0. The second-order valence-corrected chi connectivity index (χ2v) is 3.76. The fraction of sp³-hybridized carbons (Fsp3) is 0.556. The molecule has 0 atom stereocenters. The van der Waals surface area contributed by atoms with Crippen molar-refractivity contribution in [2.75, 3.05) is 19.0 Å². The number of alkyl halides is 4. The SMILES string of the molecule is COc1nc(OCCCBr)cc(C(F)(F)F)n1. The fourth-order valence-corrected chi connectivity index (χ4v) is 1.17. The van der Waals surface area contributed by atoms with E-state index in [0.29, 0.717) is 11.8 Å². The molecule has 0 fully saturated rings. The molecule has 1 heterocycles. The van der Waals surface area contributed by atoms with E-state index in [4.69, 9.17) is 4.74 Å². The van der Waals surface area contributed by atoms with Crippen LogP contribution < -0.4 is 9.47 Å². The molecule has 1 aromatic heterocycles. The van der Waals surface area contributed by atoms with Crippen molar-refractivity contribution >= 4 is 15.9 Å². The number of hydrogen-bond acceptors (Lipinski definition) is 4. The third-order valence-corrected chi connectivity index (χ3v) is 2.24. The van der Waals surface area contributed by atoms with E-state index in [9.17, 15) is 13.2 Å². The van der Waals surface area contributed by atoms with E-state index in [2.05, 4.69) is 30.6 Å². The summed E-state index contributed by atoms with van der Waals surface area (Å²) in [4.78, 5) is 6.87. The molecule has 0 aromatic carbocycles. The van der Waals surface area contributed by atoms with Crippen molar-refractivity contribution in [2.24, 2.45) is 0 Å². The van der Waals surface area contributed by atoms with Crippen LogP contribution in [0.2, 0.25) is 0 Å². The van der Waals surface area contributed by atoms with Crippen molar-refractivity contribution in [3.05, 3.63) is 11.8 Å². The van der Waals surface area contributed by atoms with Gasteiger partial charge in [0.15, 0.2) is 5.69 Å². The average Bonchev–Trinajstić information content (AvgIpc) is 2.28. The van der Waals surface area contributed by atoms with Crippen molar-refractivity contribution in [1.29, 1.82) is 0 Å². The topological polar surface area (TPSA) is 44.2 Å². The Bertz CT molecular complexity index is 374. The molecule has 96 valence electrons. The maximum atomic E-state index is 12.5. The molecule has 8 heteroatoms. The molecule has 1 rings (SSSR count). The highest BCUT2D eigenvalue weighted by atomic mass is 79.9. The molecule has 0 spiro atoms.